The summed E-state index contributed by atoms with van der Waals surface area (Å²) in [5, 5.41) is 50.8. The number of nitriles is 3. The first-order valence-electron chi connectivity index (χ1n) is 26.1. The predicted octanol–water partition coefficient (Wildman–Crippen LogP) is 14.8. The number of aromatic nitrogens is 9. The third-order valence-corrected chi connectivity index (χ3v) is 18.9. The number of anilines is 1. The van der Waals surface area contributed by atoms with Crippen LogP contribution in [0, 0.1) is 40.9 Å². The first-order chi connectivity index (χ1) is 40.3. The van der Waals surface area contributed by atoms with Crippen molar-refractivity contribution in [2.75, 3.05) is 4.72 Å². The number of aromatic hydroxyl groups is 1. The number of nitrogens with one attached hydrogen (secondary N) is 1. The molecule has 17 nitrogen and oxygen atoms in total. The van der Waals surface area contributed by atoms with Gasteiger partial charge < -0.3 is 5.11 Å². The number of phenolic OH excluding ortho intramolecular Hbond substituents is 1. The minimum absolute atomic E-state index is 0.229. The molecule has 0 aliphatic heterocycles. The van der Waals surface area contributed by atoms with Crippen molar-refractivity contribution in [1.29, 1.82) is 15.8 Å². The Labute approximate surface area is 534 Å². The minimum atomic E-state index is -4.34. The number of aryl methyl sites for hydroxylation is 1. The molecular formula is C61H60Br3N13O4S4. The number of hydrogen-bond donors (Lipinski definition) is 3. The van der Waals surface area contributed by atoms with E-state index < -0.39 is 26.5 Å². The van der Waals surface area contributed by atoms with Crippen molar-refractivity contribution in [3.05, 3.63) is 216 Å². The van der Waals surface area contributed by atoms with Crippen molar-refractivity contribution in [3.8, 4) is 24.0 Å². The van der Waals surface area contributed by atoms with E-state index in [1.54, 1.807) is 92.6 Å². The molecule has 0 saturated heterocycles. The molecule has 0 bridgehead atoms. The highest BCUT2D eigenvalue weighted by molar-refractivity contribution is 9.11. The quantitative estimate of drug-likeness (QED) is 0.0474. The van der Waals surface area contributed by atoms with E-state index in [0.29, 0.717) is 34.3 Å². The molecule has 0 fully saturated rings. The van der Waals surface area contributed by atoms with Crippen LogP contribution in [0.4, 0.5) is 5.69 Å². The highest BCUT2D eigenvalue weighted by Crippen LogP contribution is 2.36. The molecule has 0 atom stereocenters. The summed E-state index contributed by atoms with van der Waals surface area (Å²) < 4.78 is 40.6. The van der Waals surface area contributed by atoms with Crippen LogP contribution in [0.1, 0.15) is 97.2 Å². The molecule has 24 heteroatoms. The normalized spacial score (nSPS) is 11.5. The lowest BCUT2D eigenvalue weighted by molar-refractivity contribution is 0.471. The summed E-state index contributed by atoms with van der Waals surface area (Å²) in [6, 6.07) is 43.0. The molecule has 3 aromatic heterocycles. The zero-order valence-corrected chi connectivity index (χ0v) is 55.5. The molecule has 3 N–H and O–H groups in total. The van der Waals surface area contributed by atoms with Gasteiger partial charge in [-0.2, -0.15) is 39.5 Å². The van der Waals surface area contributed by atoms with E-state index in [-0.39, 0.29) is 11.4 Å². The van der Waals surface area contributed by atoms with Gasteiger partial charge in [-0.25, -0.2) is 29.0 Å². The van der Waals surface area contributed by atoms with Crippen molar-refractivity contribution >= 4 is 99.1 Å². The van der Waals surface area contributed by atoms with Crippen LogP contribution >= 0.6 is 83.1 Å². The van der Waals surface area contributed by atoms with E-state index in [4.69, 9.17) is 4.55 Å². The average Bonchev–Trinajstić information content (AvgIpc) is 4.49. The third kappa shape index (κ3) is 19.9. The number of rotatable bonds is 20. The smallest absolute Gasteiger partial charge is 0.357 e. The predicted molar refractivity (Wildman–Crippen MR) is 345 cm³/mol. The second kappa shape index (κ2) is 29.5. The van der Waals surface area contributed by atoms with E-state index in [2.05, 4.69) is 164 Å². The number of phenols is 1. The summed E-state index contributed by atoms with van der Waals surface area (Å²) in [4.78, 5) is 15.2. The number of thioether (sulfide) groups is 3. The lowest BCUT2D eigenvalue weighted by atomic mass is 9.84. The molecule has 0 aliphatic rings. The second-order valence-corrected chi connectivity index (χ2v) is 28.1. The lowest BCUT2D eigenvalue weighted by Crippen LogP contribution is -2.15. The average molecular weight is 1410 g/mol. The van der Waals surface area contributed by atoms with E-state index in [9.17, 15) is 29.3 Å². The monoisotopic (exact) mass is 1400 g/mol. The minimum Gasteiger partial charge on any atom is -0.507 e. The molecule has 0 aliphatic carbocycles. The van der Waals surface area contributed by atoms with E-state index >= 15 is 0 Å². The van der Waals surface area contributed by atoms with Crippen molar-refractivity contribution in [1.82, 2.24) is 44.3 Å². The van der Waals surface area contributed by atoms with Gasteiger partial charge in [0.15, 0.2) is 0 Å². The summed E-state index contributed by atoms with van der Waals surface area (Å²) in [7, 11) is -4.34. The molecule has 85 heavy (non-hydrogen) atoms. The van der Waals surface area contributed by atoms with Crippen molar-refractivity contribution in [2.24, 2.45) is 0 Å². The Kier molecular flexibility index (Phi) is 22.8. The molecule has 9 aromatic rings. The Balaban J connectivity index is 0.000000183. The Bertz CT molecular complexity index is 3830. The van der Waals surface area contributed by atoms with Gasteiger partial charge in [0, 0.05) is 40.9 Å². The highest BCUT2D eigenvalue weighted by Gasteiger charge is 2.24. The van der Waals surface area contributed by atoms with Gasteiger partial charge in [0.2, 0.25) is 0 Å². The van der Waals surface area contributed by atoms with Gasteiger partial charge in [-0.05, 0) is 184 Å². The number of hydrogen-bond acceptors (Lipinski definition) is 15. The van der Waals surface area contributed by atoms with Crippen LogP contribution in [0.15, 0.2) is 175 Å². The van der Waals surface area contributed by atoms with Gasteiger partial charge in [-0.3, -0.25) is 9.27 Å². The van der Waals surface area contributed by atoms with Crippen LogP contribution in [-0.2, 0) is 63.4 Å². The van der Waals surface area contributed by atoms with Gasteiger partial charge in [-0.1, -0.05) is 76.6 Å². The molecule has 0 amide bonds. The molecular weight excluding hydrogens is 1350 g/mol. The highest BCUT2D eigenvalue weighted by atomic mass is 79.9. The van der Waals surface area contributed by atoms with E-state index in [1.807, 2.05) is 70.5 Å². The van der Waals surface area contributed by atoms with Gasteiger partial charge in [0.1, 0.15) is 43.7 Å². The number of nitrogens with zero attached hydrogens (tertiary/aromatic N) is 12. The number of benzene rings is 6. The molecule has 438 valence electrons. The zero-order valence-electron chi connectivity index (χ0n) is 47.4. The maximum absolute atomic E-state index is 11.0. The summed E-state index contributed by atoms with van der Waals surface area (Å²) in [5.41, 5.74) is 9.32. The van der Waals surface area contributed by atoms with Gasteiger partial charge >= 0.3 is 10.3 Å². The van der Waals surface area contributed by atoms with Gasteiger partial charge in [-0.15, -0.1) is 35.3 Å². The summed E-state index contributed by atoms with van der Waals surface area (Å²) in [6.45, 7) is 15.4. The standard InChI is InChI=1S/C21H21BrN4S.C20H20BrN5O3S2.C20H19BrN4OS/c1-15-4-5-19(9-20(15)22)27-11-17-6-16(10-26-14-24-13-25-26)7-18(8-17)21(2,3)12-23;1-20(2,11-22)16-6-14(9-26-13-23-12-24-26)5-15(7-16)10-30-17-3-4-19(18(21)8-17)25-31(27,28)29;1-20(2,11-22)16-6-14(9-25-13-23-12-24-25)5-15(7-16)10-27-17-3-4-19(26)18(21)8-17/h4-9,13-14H,10-11H2,1-3H3;3-8,12-13,25H,9-10H2,1-2H3,(H,27,28,29);3-8,12-13,26H,9-10H2,1-2H3. The zero-order chi connectivity index (χ0) is 61.5. The molecule has 9 rings (SSSR count). The largest absolute Gasteiger partial charge is 0.507 e. The fourth-order valence-electron chi connectivity index (χ4n) is 8.14. The molecule has 0 radical (unpaired) electrons. The Morgan fingerprint density at radius 1 is 0.506 bits per heavy atom. The van der Waals surface area contributed by atoms with Crippen LogP contribution in [0.5, 0.6) is 5.75 Å². The van der Waals surface area contributed by atoms with Crippen molar-refractivity contribution in [2.45, 2.75) is 116 Å². The molecule has 0 spiro atoms. The topological polar surface area (TPSA) is 250 Å². The fourth-order valence-corrected chi connectivity index (χ4v) is 13.0. The maximum Gasteiger partial charge on any atom is 0.357 e. The Morgan fingerprint density at radius 2 is 0.847 bits per heavy atom. The Morgan fingerprint density at radius 3 is 1.16 bits per heavy atom. The molecule has 6 aromatic carbocycles. The summed E-state index contributed by atoms with van der Waals surface area (Å²) >= 11 is 15.3. The van der Waals surface area contributed by atoms with E-state index in [1.165, 1.54) is 35.0 Å². The first kappa shape index (κ1) is 65.7. The lowest BCUT2D eigenvalue weighted by Gasteiger charge is -2.19. The summed E-state index contributed by atoms with van der Waals surface area (Å²) in [5.74, 6) is 2.48. The number of halogens is 3. The van der Waals surface area contributed by atoms with Crippen LogP contribution in [0.25, 0.3) is 0 Å². The van der Waals surface area contributed by atoms with Crippen LogP contribution in [0.2, 0.25) is 0 Å². The Hall–Kier alpha value is -6.79. The van der Waals surface area contributed by atoms with Gasteiger partial charge in [0.05, 0.1) is 64.2 Å². The summed E-state index contributed by atoms with van der Waals surface area (Å²) in [6.07, 6.45) is 9.58. The second-order valence-electron chi connectivity index (χ2n) is 21.2. The SMILES string of the molecule is CC(C)(C#N)c1cc(CSc2ccc(NS(=O)(=O)O)c(Br)c2)cc(Cn2cncn2)c1.CC(C)(C#N)c1cc(CSc2ccc(O)c(Br)c2)cc(Cn2cncn2)c1.Cc1ccc(SCc2cc(Cn3cncn3)cc(C(C)(C)C#N)c2)cc1Br. The van der Waals surface area contributed by atoms with Crippen LogP contribution in [0.3, 0.4) is 0 Å². The van der Waals surface area contributed by atoms with Crippen molar-refractivity contribution in [3.63, 3.8) is 0 Å². The van der Waals surface area contributed by atoms with Gasteiger partial charge in [0.25, 0.3) is 0 Å². The fraction of sp³-hybridized carbons (Fsp3) is 0.262. The first-order valence-corrected chi connectivity index (χ1v) is 32.9. The van der Waals surface area contributed by atoms with Crippen molar-refractivity contribution < 1.29 is 18.1 Å². The molecule has 0 unspecified atom stereocenters. The van der Waals surface area contributed by atoms with Crippen LogP contribution in [-0.4, -0.2) is 62.4 Å². The maximum atomic E-state index is 11.0. The molecule has 3 heterocycles. The molecule has 0 saturated carbocycles. The van der Waals surface area contributed by atoms with Crippen LogP contribution < -0.4 is 4.72 Å². The van der Waals surface area contributed by atoms with E-state index in [0.717, 1.165) is 70.3 Å². The third-order valence-electron chi connectivity index (χ3n) is 13.1.